The summed E-state index contributed by atoms with van der Waals surface area (Å²) in [6, 6.07) is 0.770. The fourth-order valence-electron chi connectivity index (χ4n) is 3.21. The monoisotopic (exact) mass is 226 g/mol. The molecule has 3 nitrogen and oxygen atoms in total. The maximum atomic E-state index is 5.60. The Hall–Kier alpha value is -0.120. The maximum absolute atomic E-state index is 5.60. The largest absolute Gasteiger partial charge is 0.380 e. The van der Waals surface area contributed by atoms with Crippen LogP contribution >= 0.6 is 0 Å². The molecule has 1 N–H and O–H groups in total. The molecule has 0 amide bonds. The van der Waals surface area contributed by atoms with Gasteiger partial charge in [0.25, 0.3) is 0 Å². The van der Waals surface area contributed by atoms with Crippen LogP contribution in [0.25, 0.3) is 0 Å². The summed E-state index contributed by atoms with van der Waals surface area (Å²) < 4.78 is 5.60. The van der Waals surface area contributed by atoms with Crippen molar-refractivity contribution < 1.29 is 4.74 Å². The van der Waals surface area contributed by atoms with E-state index in [-0.39, 0.29) is 0 Å². The fourth-order valence-corrected chi connectivity index (χ4v) is 3.21. The molecule has 16 heavy (non-hydrogen) atoms. The second kappa shape index (κ2) is 5.48. The molecular formula is C13H26N2O. The van der Waals surface area contributed by atoms with Gasteiger partial charge < -0.3 is 10.1 Å². The maximum Gasteiger partial charge on any atom is 0.0724 e. The third-order valence-electron chi connectivity index (χ3n) is 4.43. The Morgan fingerprint density at radius 2 is 2.00 bits per heavy atom. The van der Waals surface area contributed by atoms with Gasteiger partial charge in [0.1, 0.15) is 0 Å². The van der Waals surface area contributed by atoms with Gasteiger partial charge in [0.15, 0.2) is 0 Å². The summed E-state index contributed by atoms with van der Waals surface area (Å²) in [5.41, 5.74) is 0. The van der Waals surface area contributed by atoms with E-state index < -0.39 is 0 Å². The van der Waals surface area contributed by atoms with Crippen LogP contribution in [0.15, 0.2) is 0 Å². The highest BCUT2D eigenvalue weighted by atomic mass is 16.5. The molecular weight excluding hydrogens is 200 g/mol. The number of likely N-dealkylation sites (tertiary alicyclic amines) is 1. The van der Waals surface area contributed by atoms with Gasteiger partial charge in [-0.15, -0.1) is 0 Å². The van der Waals surface area contributed by atoms with E-state index >= 15 is 0 Å². The average Bonchev–Trinajstić information content (AvgIpc) is 2.31. The molecule has 3 heteroatoms. The Labute approximate surface area is 99.5 Å². The van der Waals surface area contributed by atoms with Gasteiger partial charge in [0, 0.05) is 19.7 Å². The lowest BCUT2D eigenvalue weighted by Crippen LogP contribution is -2.54. The minimum absolute atomic E-state index is 0.441. The van der Waals surface area contributed by atoms with Crippen LogP contribution in [0, 0.1) is 11.8 Å². The number of ether oxygens (including phenoxy) is 1. The first-order chi connectivity index (χ1) is 7.72. The third-order valence-corrected chi connectivity index (χ3v) is 4.43. The van der Waals surface area contributed by atoms with Crippen LogP contribution in [-0.2, 0) is 4.74 Å². The second-order valence-electron chi connectivity index (χ2n) is 5.57. The average molecular weight is 226 g/mol. The van der Waals surface area contributed by atoms with E-state index in [1.165, 1.54) is 32.5 Å². The lowest BCUT2D eigenvalue weighted by molar-refractivity contribution is -0.0311. The van der Waals surface area contributed by atoms with Crippen LogP contribution < -0.4 is 5.32 Å². The van der Waals surface area contributed by atoms with E-state index in [0.29, 0.717) is 6.10 Å². The van der Waals surface area contributed by atoms with Crippen molar-refractivity contribution in [3.8, 4) is 0 Å². The minimum Gasteiger partial charge on any atom is -0.380 e. The number of nitrogens with zero attached hydrogens (tertiary/aromatic N) is 1. The lowest BCUT2D eigenvalue weighted by atomic mass is 9.89. The first kappa shape index (κ1) is 12.3. The van der Waals surface area contributed by atoms with Crippen molar-refractivity contribution in [2.45, 2.75) is 38.8 Å². The number of nitrogens with one attached hydrogen (secondary N) is 1. The molecule has 0 aromatic carbocycles. The molecule has 4 unspecified atom stereocenters. The molecule has 2 fully saturated rings. The van der Waals surface area contributed by atoms with Crippen molar-refractivity contribution in [1.82, 2.24) is 10.2 Å². The molecule has 4 atom stereocenters. The van der Waals surface area contributed by atoms with Gasteiger partial charge in [-0.05, 0) is 44.3 Å². The van der Waals surface area contributed by atoms with Gasteiger partial charge in [-0.1, -0.05) is 13.8 Å². The smallest absolute Gasteiger partial charge is 0.0724 e. The fraction of sp³-hybridized carbons (Fsp3) is 1.00. The summed E-state index contributed by atoms with van der Waals surface area (Å²) in [5, 5.41) is 3.48. The van der Waals surface area contributed by atoms with Gasteiger partial charge in [-0.2, -0.15) is 0 Å². The predicted octanol–water partition coefficient (Wildman–Crippen LogP) is 1.34. The molecule has 0 aromatic heterocycles. The number of rotatable bonds is 2. The molecule has 2 saturated heterocycles. The number of methoxy groups -OCH3 is 1. The molecule has 0 spiro atoms. The zero-order valence-corrected chi connectivity index (χ0v) is 10.9. The first-order valence-corrected chi connectivity index (χ1v) is 6.70. The summed E-state index contributed by atoms with van der Waals surface area (Å²) in [6.45, 7) is 9.43. The topological polar surface area (TPSA) is 24.5 Å². The van der Waals surface area contributed by atoms with Gasteiger partial charge in [-0.25, -0.2) is 0 Å². The van der Waals surface area contributed by atoms with Crippen molar-refractivity contribution in [1.29, 1.82) is 0 Å². The van der Waals surface area contributed by atoms with Crippen molar-refractivity contribution in [2.24, 2.45) is 11.8 Å². The van der Waals surface area contributed by atoms with E-state index in [2.05, 4.69) is 24.1 Å². The quantitative estimate of drug-likeness (QED) is 0.769. The third kappa shape index (κ3) is 2.58. The van der Waals surface area contributed by atoms with E-state index in [1.54, 1.807) is 0 Å². The molecule has 2 aliphatic heterocycles. The molecule has 2 aliphatic rings. The van der Waals surface area contributed by atoms with E-state index in [1.807, 2.05) is 7.11 Å². The van der Waals surface area contributed by atoms with Crippen molar-refractivity contribution in [3.63, 3.8) is 0 Å². The summed E-state index contributed by atoms with van der Waals surface area (Å²) in [4.78, 5) is 2.67. The Kier molecular flexibility index (Phi) is 4.22. The number of hydrogen-bond acceptors (Lipinski definition) is 3. The summed E-state index contributed by atoms with van der Waals surface area (Å²) in [5.74, 6) is 1.50. The Balaban J connectivity index is 1.93. The molecule has 0 saturated carbocycles. The van der Waals surface area contributed by atoms with Crippen molar-refractivity contribution in [2.75, 3.05) is 33.3 Å². The molecule has 0 aliphatic carbocycles. The molecule has 0 bridgehead atoms. The lowest BCUT2D eigenvalue weighted by Gasteiger charge is -2.44. The van der Waals surface area contributed by atoms with E-state index in [4.69, 9.17) is 4.74 Å². The van der Waals surface area contributed by atoms with Gasteiger partial charge in [0.2, 0.25) is 0 Å². The highest BCUT2D eigenvalue weighted by Gasteiger charge is 2.33. The molecule has 0 radical (unpaired) electrons. The molecule has 94 valence electrons. The van der Waals surface area contributed by atoms with Gasteiger partial charge in [0.05, 0.1) is 6.10 Å². The van der Waals surface area contributed by atoms with Crippen LogP contribution in [0.5, 0.6) is 0 Å². The molecule has 0 aromatic rings. The van der Waals surface area contributed by atoms with Crippen LogP contribution in [-0.4, -0.2) is 50.3 Å². The van der Waals surface area contributed by atoms with Crippen molar-refractivity contribution >= 4 is 0 Å². The normalized spacial score (nSPS) is 42.2. The van der Waals surface area contributed by atoms with Gasteiger partial charge >= 0.3 is 0 Å². The Morgan fingerprint density at radius 3 is 2.69 bits per heavy atom. The van der Waals surface area contributed by atoms with Crippen LogP contribution in [0.1, 0.15) is 26.7 Å². The molecule has 2 heterocycles. The highest BCUT2D eigenvalue weighted by molar-refractivity contribution is 4.88. The summed E-state index contributed by atoms with van der Waals surface area (Å²) in [7, 11) is 1.86. The highest BCUT2D eigenvalue weighted by Crippen LogP contribution is 2.25. The zero-order valence-electron chi connectivity index (χ0n) is 10.9. The first-order valence-electron chi connectivity index (χ1n) is 6.70. The van der Waals surface area contributed by atoms with E-state index in [0.717, 1.165) is 24.4 Å². The molecule has 2 rings (SSSR count). The van der Waals surface area contributed by atoms with Crippen LogP contribution in [0.3, 0.4) is 0 Å². The van der Waals surface area contributed by atoms with Crippen LogP contribution in [0.2, 0.25) is 0 Å². The number of hydrogen-bond donors (Lipinski definition) is 1. The Morgan fingerprint density at radius 1 is 1.19 bits per heavy atom. The van der Waals surface area contributed by atoms with Crippen molar-refractivity contribution in [3.05, 3.63) is 0 Å². The number of piperidine rings is 2. The SMILES string of the molecule is COC1CN(C2CCNCC2C)CCC1C. The zero-order chi connectivity index (χ0) is 11.5. The summed E-state index contributed by atoms with van der Waals surface area (Å²) >= 11 is 0. The Bertz CT molecular complexity index is 222. The van der Waals surface area contributed by atoms with Gasteiger partial charge in [-0.3, -0.25) is 4.90 Å². The van der Waals surface area contributed by atoms with E-state index in [9.17, 15) is 0 Å². The second-order valence-corrected chi connectivity index (χ2v) is 5.57. The summed E-state index contributed by atoms with van der Waals surface area (Å²) in [6.07, 6.45) is 3.03. The van der Waals surface area contributed by atoms with Crippen LogP contribution in [0.4, 0.5) is 0 Å². The standard InChI is InChI=1S/C13H26N2O/c1-10-5-7-15(9-13(10)16-3)12-4-6-14-8-11(12)2/h10-14H,4-9H2,1-3H3. The minimum atomic E-state index is 0.441. The predicted molar refractivity (Wildman–Crippen MR) is 66.6 cm³/mol.